The van der Waals surface area contributed by atoms with Crippen LogP contribution in [0.5, 0.6) is 0 Å². The molecule has 0 saturated carbocycles. The summed E-state index contributed by atoms with van der Waals surface area (Å²) in [4.78, 5) is 30.7. The van der Waals surface area contributed by atoms with Gasteiger partial charge in [-0.15, -0.1) is 11.3 Å². The topological polar surface area (TPSA) is 58.4 Å². The number of carbonyl (C=O) groups excluding carboxylic acids is 1. The van der Waals surface area contributed by atoms with E-state index in [2.05, 4.69) is 16.1 Å². The molecular formula is C23H23F3N4O2S. The van der Waals surface area contributed by atoms with E-state index in [0.29, 0.717) is 31.9 Å². The summed E-state index contributed by atoms with van der Waals surface area (Å²) >= 11 is 1.72. The molecule has 0 bridgehead atoms. The third-order valence-corrected chi connectivity index (χ3v) is 6.58. The van der Waals surface area contributed by atoms with Crippen LogP contribution in [0.1, 0.15) is 26.6 Å². The highest BCUT2D eigenvalue weighted by molar-refractivity contribution is 7.09. The number of carbonyl (C=O) groups is 1. The van der Waals surface area contributed by atoms with Gasteiger partial charge in [0.05, 0.1) is 11.3 Å². The maximum absolute atomic E-state index is 13.1. The highest BCUT2D eigenvalue weighted by Gasteiger charge is 2.31. The van der Waals surface area contributed by atoms with Gasteiger partial charge in [0.1, 0.15) is 0 Å². The second kappa shape index (κ2) is 9.48. The summed E-state index contributed by atoms with van der Waals surface area (Å²) in [5, 5.41) is 6.21. The van der Waals surface area contributed by atoms with Gasteiger partial charge in [0.15, 0.2) is 5.69 Å². The highest BCUT2D eigenvalue weighted by Crippen LogP contribution is 2.30. The normalized spacial score (nSPS) is 15.1. The Morgan fingerprint density at radius 3 is 2.52 bits per heavy atom. The summed E-state index contributed by atoms with van der Waals surface area (Å²) in [7, 11) is 0. The lowest BCUT2D eigenvalue weighted by molar-refractivity contribution is -0.137. The molecule has 0 spiro atoms. The molecule has 0 radical (unpaired) electrons. The zero-order chi connectivity index (χ0) is 23.6. The maximum Gasteiger partial charge on any atom is 0.416 e. The van der Waals surface area contributed by atoms with Crippen molar-refractivity contribution in [3.8, 4) is 5.69 Å². The quantitative estimate of drug-likeness (QED) is 0.565. The molecule has 0 N–H and O–H groups in total. The van der Waals surface area contributed by atoms with Crippen LogP contribution in [0.4, 0.5) is 13.2 Å². The fourth-order valence-corrected chi connectivity index (χ4v) is 4.52. The number of nitrogens with zero attached hydrogens (tertiary/aromatic N) is 4. The van der Waals surface area contributed by atoms with E-state index in [0.717, 1.165) is 25.1 Å². The van der Waals surface area contributed by atoms with Gasteiger partial charge in [0.25, 0.3) is 5.91 Å². The molecule has 6 nitrogen and oxygen atoms in total. The smallest absolute Gasteiger partial charge is 0.335 e. The number of benzene rings is 1. The van der Waals surface area contributed by atoms with Gasteiger partial charge < -0.3 is 4.90 Å². The average Bonchev–Trinajstić information content (AvgIpc) is 3.31. The molecule has 1 aromatic carbocycles. The third kappa shape index (κ3) is 5.33. The van der Waals surface area contributed by atoms with Crippen molar-refractivity contribution in [3.63, 3.8) is 0 Å². The molecule has 1 aliphatic rings. The number of hydrogen-bond donors (Lipinski definition) is 0. The molecule has 174 valence electrons. The standard InChI is InChI=1S/C23H23F3N4O2S/c1-16-14-20(31)21(27-30(16)18-5-2-4-17(15-18)23(24,25)26)22(32)29-11-9-28(10-12-29)8-7-19-6-3-13-33-19/h2-6,13-15H,7-12H2,1H3. The molecule has 0 atom stereocenters. The van der Waals surface area contributed by atoms with Crippen molar-refractivity contribution >= 4 is 17.2 Å². The molecule has 1 fully saturated rings. The fourth-order valence-electron chi connectivity index (χ4n) is 3.82. The van der Waals surface area contributed by atoms with Gasteiger partial charge in [-0.3, -0.25) is 14.5 Å². The van der Waals surface area contributed by atoms with Crippen molar-refractivity contribution in [3.05, 3.63) is 79.9 Å². The van der Waals surface area contributed by atoms with E-state index in [-0.39, 0.29) is 11.4 Å². The first-order valence-electron chi connectivity index (χ1n) is 10.5. The molecule has 3 heterocycles. The van der Waals surface area contributed by atoms with E-state index in [4.69, 9.17) is 0 Å². The van der Waals surface area contributed by atoms with Gasteiger partial charge >= 0.3 is 6.18 Å². The van der Waals surface area contributed by atoms with Crippen molar-refractivity contribution in [1.82, 2.24) is 19.6 Å². The maximum atomic E-state index is 13.1. The Morgan fingerprint density at radius 1 is 1.09 bits per heavy atom. The van der Waals surface area contributed by atoms with Crippen LogP contribution in [0.25, 0.3) is 5.69 Å². The van der Waals surface area contributed by atoms with Crippen molar-refractivity contribution in [2.45, 2.75) is 19.5 Å². The summed E-state index contributed by atoms with van der Waals surface area (Å²) in [5.74, 6) is -0.501. The molecular weight excluding hydrogens is 453 g/mol. The molecule has 4 rings (SSSR count). The Hall–Kier alpha value is -2.98. The molecule has 2 aromatic heterocycles. The van der Waals surface area contributed by atoms with Gasteiger partial charge in [-0.25, -0.2) is 4.68 Å². The SMILES string of the molecule is Cc1cc(=O)c(C(=O)N2CCN(CCc3cccs3)CC2)nn1-c1cccc(C(F)(F)F)c1. The van der Waals surface area contributed by atoms with Crippen LogP contribution in [0.2, 0.25) is 0 Å². The van der Waals surface area contributed by atoms with Gasteiger partial charge in [0.2, 0.25) is 5.43 Å². The molecule has 1 aliphatic heterocycles. The zero-order valence-electron chi connectivity index (χ0n) is 18.0. The van der Waals surface area contributed by atoms with Crippen molar-refractivity contribution in [2.75, 3.05) is 32.7 Å². The molecule has 10 heteroatoms. The summed E-state index contributed by atoms with van der Waals surface area (Å²) in [6.45, 7) is 4.75. The zero-order valence-corrected chi connectivity index (χ0v) is 18.8. The van der Waals surface area contributed by atoms with E-state index in [1.165, 1.54) is 27.8 Å². The van der Waals surface area contributed by atoms with Gasteiger partial charge in [-0.05, 0) is 43.0 Å². The fraction of sp³-hybridized carbons (Fsp3) is 0.348. The Morgan fingerprint density at radius 2 is 1.85 bits per heavy atom. The van der Waals surface area contributed by atoms with Crippen molar-refractivity contribution in [2.24, 2.45) is 0 Å². The van der Waals surface area contributed by atoms with Gasteiger partial charge in [-0.1, -0.05) is 12.1 Å². The largest absolute Gasteiger partial charge is 0.416 e. The monoisotopic (exact) mass is 476 g/mol. The van der Waals surface area contributed by atoms with E-state index in [9.17, 15) is 22.8 Å². The summed E-state index contributed by atoms with van der Waals surface area (Å²) in [6, 6.07) is 10.0. The van der Waals surface area contributed by atoms with Crippen molar-refractivity contribution < 1.29 is 18.0 Å². The first-order chi connectivity index (χ1) is 15.7. The van der Waals surface area contributed by atoms with Crippen LogP contribution in [0.3, 0.4) is 0 Å². The lowest BCUT2D eigenvalue weighted by Gasteiger charge is -2.34. The number of amides is 1. The summed E-state index contributed by atoms with van der Waals surface area (Å²) in [6.07, 6.45) is -3.56. The molecule has 0 unspecified atom stereocenters. The molecule has 1 amide bonds. The Bertz CT molecular complexity index is 1180. The summed E-state index contributed by atoms with van der Waals surface area (Å²) < 4.78 is 40.6. The minimum absolute atomic E-state index is 0.134. The number of thiophene rings is 1. The Balaban J connectivity index is 1.49. The van der Waals surface area contributed by atoms with Crippen LogP contribution in [-0.4, -0.2) is 58.2 Å². The summed E-state index contributed by atoms with van der Waals surface area (Å²) in [5.41, 5.74) is -1.18. The first kappa shape index (κ1) is 23.2. The minimum Gasteiger partial charge on any atom is -0.335 e. The third-order valence-electron chi connectivity index (χ3n) is 5.64. The van der Waals surface area contributed by atoms with Crippen LogP contribution in [0, 0.1) is 6.92 Å². The first-order valence-corrected chi connectivity index (χ1v) is 11.4. The molecule has 0 aliphatic carbocycles. The van der Waals surface area contributed by atoms with E-state index in [1.807, 2.05) is 11.4 Å². The predicted octanol–water partition coefficient (Wildman–Crippen LogP) is 3.62. The lowest BCUT2D eigenvalue weighted by atomic mass is 10.2. The Kier molecular flexibility index (Phi) is 6.66. The van der Waals surface area contributed by atoms with E-state index in [1.54, 1.807) is 23.2 Å². The number of hydrogen-bond acceptors (Lipinski definition) is 5. The number of halogens is 3. The average molecular weight is 477 g/mol. The van der Waals surface area contributed by atoms with E-state index < -0.39 is 23.1 Å². The highest BCUT2D eigenvalue weighted by atomic mass is 32.1. The second-order valence-corrected chi connectivity index (χ2v) is 8.95. The number of alkyl halides is 3. The van der Waals surface area contributed by atoms with E-state index >= 15 is 0 Å². The number of rotatable bonds is 5. The number of piperazine rings is 1. The van der Waals surface area contributed by atoms with Gasteiger partial charge in [0, 0.05) is 49.4 Å². The molecule has 1 saturated heterocycles. The van der Waals surface area contributed by atoms with Crippen LogP contribution >= 0.6 is 11.3 Å². The second-order valence-electron chi connectivity index (χ2n) is 7.92. The number of aryl methyl sites for hydroxylation is 1. The van der Waals surface area contributed by atoms with Crippen molar-refractivity contribution in [1.29, 1.82) is 0 Å². The molecule has 3 aromatic rings. The van der Waals surface area contributed by atoms with Crippen LogP contribution in [0.15, 0.2) is 52.6 Å². The van der Waals surface area contributed by atoms with Crippen LogP contribution in [-0.2, 0) is 12.6 Å². The lowest BCUT2D eigenvalue weighted by Crippen LogP contribution is -2.50. The number of aromatic nitrogens is 2. The van der Waals surface area contributed by atoms with Crippen LogP contribution < -0.4 is 5.43 Å². The van der Waals surface area contributed by atoms with Gasteiger partial charge in [-0.2, -0.15) is 18.3 Å². The predicted molar refractivity (Wildman–Crippen MR) is 120 cm³/mol. The Labute approximate surface area is 192 Å². The molecule has 33 heavy (non-hydrogen) atoms. The minimum atomic E-state index is -4.51.